The van der Waals surface area contributed by atoms with E-state index in [2.05, 4.69) is 0 Å². The van der Waals surface area contributed by atoms with E-state index in [0.29, 0.717) is 0 Å². The Morgan fingerprint density at radius 3 is 2.60 bits per heavy atom. The summed E-state index contributed by atoms with van der Waals surface area (Å²) in [4.78, 5) is 23.2. The average Bonchev–Trinajstić information content (AvgIpc) is 2.86. The van der Waals surface area contributed by atoms with Crippen LogP contribution in [0.2, 0.25) is 0 Å². The van der Waals surface area contributed by atoms with E-state index in [-0.39, 0.29) is 12.2 Å². The highest BCUT2D eigenvalue weighted by Gasteiger charge is 2.50. The van der Waals surface area contributed by atoms with Gasteiger partial charge in [-0.05, 0) is 30.7 Å². The van der Waals surface area contributed by atoms with Crippen LogP contribution in [0.1, 0.15) is 12.5 Å². The lowest BCUT2D eigenvalue weighted by Crippen LogP contribution is -2.47. The molecule has 1 aromatic carbocycles. The molecule has 6 heteroatoms. The Kier molecular flexibility index (Phi) is 3.85. The monoisotopic (exact) mass is 280 g/mol. The molecule has 1 aliphatic heterocycles. The molecule has 1 aliphatic rings. The van der Waals surface area contributed by atoms with Crippen LogP contribution in [-0.4, -0.2) is 29.8 Å². The van der Waals surface area contributed by atoms with Crippen LogP contribution in [0.25, 0.3) is 0 Å². The molecule has 0 spiro atoms. The molecule has 0 aromatic heterocycles. The van der Waals surface area contributed by atoms with Gasteiger partial charge in [0, 0.05) is 6.08 Å². The number of hydrogen-bond acceptors (Lipinski definition) is 5. The number of carbonyl (C=O) groups excluding carboxylic acids is 2. The lowest BCUT2D eigenvalue weighted by Gasteiger charge is -2.30. The third-order valence-electron chi connectivity index (χ3n) is 2.93. The number of esters is 2. The van der Waals surface area contributed by atoms with Crippen molar-refractivity contribution in [3.05, 3.63) is 47.8 Å². The molecular formula is C14H13FO5. The quantitative estimate of drug-likeness (QED) is 0.835. The molecule has 0 saturated heterocycles. The first-order chi connectivity index (χ1) is 9.48. The topological polar surface area (TPSA) is 72.8 Å². The molecule has 20 heavy (non-hydrogen) atoms. The third-order valence-corrected chi connectivity index (χ3v) is 2.93. The van der Waals surface area contributed by atoms with Crippen LogP contribution in [-0.2, 0) is 24.7 Å². The predicted molar refractivity (Wildman–Crippen MR) is 65.9 cm³/mol. The van der Waals surface area contributed by atoms with E-state index < -0.39 is 29.5 Å². The summed E-state index contributed by atoms with van der Waals surface area (Å²) in [5.74, 6) is -2.14. The fourth-order valence-electron chi connectivity index (χ4n) is 1.94. The smallest absolute Gasteiger partial charge is 0.347 e. The molecular weight excluding hydrogens is 267 g/mol. The molecule has 5 nitrogen and oxygen atoms in total. The Morgan fingerprint density at radius 1 is 1.45 bits per heavy atom. The maximum absolute atomic E-state index is 13.0. The molecule has 0 radical (unpaired) electrons. The van der Waals surface area contributed by atoms with Gasteiger partial charge in [0.2, 0.25) is 5.60 Å². The number of ether oxygens (including phenoxy) is 2. The summed E-state index contributed by atoms with van der Waals surface area (Å²) in [6.07, 6.45) is 1.17. The van der Waals surface area contributed by atoms with Gasteiger partial charge in [0.1, 0.15) is 5.82 Å². The van der Waals surface area contributed by atoms with E-state index in [4.69, 9.17) is 9.47 Å². The molecule has 0 aliphatic carbocycles. The molecule has 1 N–H and O–H groups in total. The molecule has 2 rings (SSSR count). The third kappa shape index (κ3) is 2.42. The predicted octanol–water partition coefficient (Wildman–Crippen LogP) is 1.06. The molecule has 0 fully saturated rings. The Labute approximate surface area is 114 Å². The molecule has 2 atom stereocenters. The zero-order valence-electron chi connectivity index (χ0n) is 10.7. The Hall–Kier alpha value is -2.21. The number of hydrogen-bond donors (Lipinski definition) is 1. The number of cyclic esters (lactones) is 1. The van der Waals surface area contributed by atoms with E-state index in [0.717, 1.165) is 18.2 Å². The SMILES string of the molecule is CCOC(=O)[C@](O)(c1ccc(F)cc1)[C@H]1C=CC(=O)O1. The summed E-state index contributed by atoms with van der Waals surface area (Å²) in [5.41, 5.74) is -2.12. The van der Waals surface area contributed by atoms with Crippen molar-refractivity contribution in [1.29, 1.82) is 0 Å². The minimum Gasteiger partial charge on any atom is -0.463 e. The van der Waals surface area contributed by atoms with Crippen molar-refractivity contribution < 1.29 is 28.6 Å². The zero-order valence-corrected chi connectivity index (χ0v) is 10.7. The standard InChI is InChI=1S/C14H13FO5/c1-2-19-13(17)14(18,11-7-8-12(16)20-11)9-3-5-10(15)6-4-9/h3-8,11,18H,2H2,1H3/t11-,14+/m1/s1. The van der Waals surface area contributed by atoms with Crippen LogP contribution in [0.4, 0.5) is 4.39 Å². The van der Waals surface area contributed by atoms with E-state index in [1.807, 2.05) is 0 Å². The van der Waals surface area contributed by atoms with Crippen molar-refractivity contribution in [2.75, 3.05) is 6.61 Å². The second-order valence-corrected chi connectivity index (χ2v) is 4.21. The molecule has 1 aromatic rings. The van der Waals surface area contributed by atoms with Gasteiger partial charge in [0.15, 0.2) is 6.10 Å². The van der Waals surface area contributed by atoms with Crippen molar-refractivity contribution >= 4 is 11.9 Å². The maximum Gasteiger partial charge on any atom is 0.347 e. The van der Waals surface area contributed by atoms with Gasteiger partial charge < -0.3 is 14.6 Å². The first-order valence-corrected chi connectivity index (χ1v) is 6.03. The second-order valence-electron chi connectivity index (χ2n) is 4.21. The largest absolute Gasteiger partial charge is 0.463 e. The fraction of sp³-hybridized carbons (Fsp3) is 0.286. The zero-order chi connectivity index (χ0) is 14.8. The van der Waals surface area contributed by atoms with Gasteiger partial charge in [-0.1, -0.05) is 12.1 Å². The molecule has 0 saturated carbocycles. The molecule has 0 unspecified atom stereocenters. The maximum atomic E-state index is 13.0. The summed E-state index contributed by atoms with van der Waals surface area (Å²) in [5, 5.41) is 10.7. The lowest BCUT2D eigenvalue weighted by molar-refractivity contribution is -0.181. The lowest BCUT2D eigenvalue weighted by atomic mass is 9.88. The van der Waals surface area contributed by atoms with Crippen molar-refractivity contribution in [2.24, 2.45) is 0 Å². The van der Waals surface area contributed by atoms with Crippen LogP contribution in [0, 0.1) is 5.82 Å². The van der Waals surface area contributed by atoms with Gasteiger partial charge >= 0.3 is 11.9 Å². The van der Waals surface area contributed by atoms with Gasteiger partial charge in [0.05, 0.1) is 6.61 Å². The highest BCUT2D eigenvalue weighted by atomic mass is 19.1. The Morgan fingerprint density at radius 2 is 2.10 bits per heavy atom. The van der Waals surface area contributed by atoms with E-state index >= 15 is 0 Å². The molecule has 0 bridgehead atoms. The first kappa shape index (κ1) is 14.2. The van der Waals surface area contributed by atoms with E-state index in [1.54, 1.807) is 6.92 Å². The normalized spacial score (nSPS) is 20.4. The van der Waals surface area contributed by atoms with Gasteiger partial charge in [-0.2, -0.15) is 0 Å². The number of halogens is 1. The fourth-order valence-corrected chi connectivity index (χ4v) is 1.94. The molecule has 0 amide bonds. The van der Waals surface area contributed by atoms with Gasteiger partial charge in [-0.3, -0.25) is 0 Å². The van der Waals surface area contributed by atoms with Crippen LogP contribution >= 0.6 is 0 Å². The van der Waals surface area contributed by atoms with Crippen LogP contribution in [0.3, 0.4) is 0 Å². The number of aliphatic hydroxyl groups is 1. The van der Waals surface area contributed by atoms with E-state index in [1.165, 1.54) is 18.2 Å². The summed E-state index contributed by atoms with van der Waals surface area (Å²) >= 11 is 0. The minimum atomic E-state index is -2.20. The van der Waals surface area contributed by atoms with Gasteiger partial charge in [-0.25, -0.2) is 14.0 Å². The van der Waals surface area contributed by atoms with Crippen LogP contribution in [0.15, 0.2) is 36.4 Å². The Bertz CT molecular complexity index is 551. The highest BCUT2D eigenvalue weighted by molar-refractivity contribution is 5.88. The van der Waals surface area contributed by atoms with Crippen LogP contribution in [0.5, 0.6) is 0 Å². The summed E-state index contributed by atoms with van der Waals surface area (Å²) in [7, 11) is 0. The van der Waals surface area contributed by atoms with Crippen molar-refractivity contribution in [3.8, 4) is 0 Å². The molecule has 106 valence electrons. The van der Waals surface area contributed by atoms with E-state index in [9.17, 15) is 19.1 Å². The highest BCUT2D eigenvalue weighted by Crippen LogP contribution is 2.32. The minimum absolute atomic E-state index is 0.0483. The Balaban J connectivity index is 2.43. The molecule has 1 heterocycles. The van der Waals surface area contributed by atoms with Crippen molar-refractivity contribution in [2.45, 2.75) is 18.6 Å². The van der Waals surface area contributed by atoms with Gasteiger partial charge in [0.25, 0.3) is 0 Å². The first-order valence-electron chi connectivity index (χ1n) is 6.03. The van der Waals surface area contributed by atoms with Crippen molar-refractivity contribution in [1.82, 2.24) is 0 Å². The van der Waals surface area contributed by atoms with Gasteiger partial charge in [-0.15, -0.1) is 0 Å². The summed E-state index contributed by atoms with van der Waals surface area (Å²) in [6, 6.07) is 4.68. The second kappa shape index (κ2) is 5.42. The van der Waals surface area contributed by atoms with Crippen LogP contribution < -0.4 is 0 Å². The summed E-state index contributed by atoms with van der Waals surface area (Å²) < 4.78 is 22.7. The summed E-state index contributed by atoms with van der Waals surface area (Å²) in [6.45, 7) is 1.63. The number of carbonyl (C=O) groups is 2. The average molecular weight is 280 g/mol. The number of benzene rings is 1. The number of rotatable bonds is 4. The van der Waals surface area contributed by atoms with Crippen molar-refractivity contribution in [3.63, 3.8) is 0 Å².